The van der Waals surface area contributed by atoms with Gasteiger partial charge < -0.3 is 15.2 Å². The van der Waals surface area contributed by atoms with E-state index in [1.54, 1.807) is 18.4 Å². The molecule has 2 rings (SSSR count). The molecule has 0 saturated carbocycles. The molecule has 2 N–H and O–H groups in total. The number of rotatable bonds is 8. The predicted octanol–water partition coefficient (Wildman–Crippen LogP) is 2.49. The Bertz CT molecular complexity index is 434. The van der Waals surface area contributed by atoms with Crippen LogP contribution >= 0.6 is 11.3 Å². The number of hydrogen-bond donors (Lipinski definition) is 2. The van der Waals surface area contributed by atoms with E-state index in [-0.39, 0.29) is 0 Å². The molecule has 6 heteroatoms. The third-order valence-electron chi connectivity index (χ3n) is 3.32. The van der Waals surface area contributed by atoms with E-state index in [4.69, 9.17) is 9.84 Å². The van der Waals surface area contributed by atoms with Crippen molar-refractivity contribution in [3.8, 4) is 0 Å². The van der Waals surface area contributed by atoms with Crippen LogP contribution in [-0.2, 0) is 16.0 Å². The normalized spacial score (nSPS) is 17.4. The number of hydrogen-bond acceptors (Lipinski definition) is 5. The second-order valence-electron chi connectivity index (χ2n) is 4.74. The fraction of sp³-hybridized carbons (Fsp3) is 0.692. The molecular weight excluding hydrogens is 264 g/mol. The standard InChI is InChI=1S/C13H20N2O3S/c1-18-8-4-2-3-7-14-13-15-11-9(12(16)17)5-6-10(11)19-13/h9H,2-8H2,1H3,(H,14,15)(H,16,17). The summed E-state index contributed by atoms with van der Waals surface area (Å²) < 4.78 is 5.00. The average Bonchev–Trinajstić information content (AvgIpc) is 2.92. The lowest BCUT2D eigenvalue weighted by molar-refractivity contribution is -0.138. The Labute approximate surface area is 117 Å². The maximum atomic E-state index is 11.1. The van der Waals surface area contributed by atoms with E-state index in [1.165, 1.54) is 0 Å². The molecule has 1 atom stereocenters. The van der Waals surface area contributed by atoms with E-state index in [0.717, 1.165) is 54.5 Å². The summed E-state index contributed by atoms with van der Waals surface area (Å²) in [7, 11) is 1.72. The van der Waals surface area contributed by atoms with Crippen molar-refractivity contribution in [2.75, 3.05) is 25.6 Å². The first kappa shape index (κ1) is 14.3. The summed E-state index contributed by atoms with van der Waals surface area (Å²) >= 11 is 1.60. The Hall–Kier alpha value is -1.14. The third-order valence-corrected chi connectivity index (χ3v) is 4.41. The fourth-order valence-electron chi connectivity index (χ4n) is 2.29. The molecule has 0 saturated heterocycles. The van der Waals surface area contributed by atoms with Crippen LogP contribution in [0.2, 0.25) is 0 Å². The van der Waals surface area contributed by atoms with E-state index in [2.05, 4.69) is 10.3 Å². The molecule has 1 aromatic rings. The Morgan fingerprint density at radius 2 is 2.37 bits per heavy atom. The maximum absolute atomic E-state index is 11.1. The van der Waals surface area contributed by atoms with Gasteiger partial charge in [0.1, 0.15) is 5.92 Å². The monoisotopic (exact) mass is 284 g/mol. The van der Waals surface area contributed by atoms with Crippen molar-refractivity contribution in [2.24, 2.45) is 0 Å². The zero-order chi connectivity index (χ0) is 13.7. The van der Waals surface area contributed by atoms with Crippen LogP contribution in [0, 0.1) is 0 Å². The minimum Gasteiger partial charge on any atom is -0.481 e. The van der Waals surface area contributed by atoms with Crippen molar-refractivity contribution in [1.29, 1.82) is 0 Å². The number of ether oxygens (including phenoxy) is 1. The summed E-state index contributed by atoms with van der Waals surface area (Å²) in [5, 5.41) is 13.2. The Morgan fingerprint density at radius 1 is 1.53 bits per heavy atom. The van der Waals surface area contributed by atoms with Gasteiger partial charge in [-0.3, -0.25) is 4.79 Å². The number of aromatic nitrogens is 1. The van der Waals surface area contributed by atoms with Gasteiger partial charge in [0.2, 0.25) is 0 Å². The highest BCUT2D eigenvalue weighted by Crippen LogP contribution is 2.38. The second kappa shape index (κ2) is 6.86. The van der Waals surface area contributed by atoms with Gasteiger partial charge in [-0.25, -0.2) is 4.98 Å². The van der Waals surface area contributed by atoms with Gasteiger partial charge in [0, 0.05) is 25.1 Å². The molecule has 106 valence electrons. The third kappa shape index (κ3) is 3.67. The number of nitrogens with one attached hydrogen (secondary N) is 1. The lowest BCUT2D eigenvalue weighted by atomic mass is 10.1. The second-order valence-corrected chi connectivity index (χ2v) is 5.82. The van der Waals surface area contributed by atoms with Crippen molar-refractivity contribution in [1.82, 2.24) is 4.98 Å². The summed E-state index contributed by atoms with van der Waals surface area (Å²) in [6, 6.07) is 0. The molecular formula is C13H20N2O3S. The minimum atomic E-state index is -0.754. The van der Waals surface area contributed by atoms with Crippen molar-refractivity contribution in [3.63, 3.8) is 0 Å². The first-order valence-electron chi connectivity index (χ1n) is 6.67. The lowest BCUT2D eigenvalue weighted by Crippen LogP contribution is -2.09. The molecule has 0 amide bonds. The number of anilines is 1. The smallest absolute Gasteiger partial charge is 0.312 e. The molecule has 5 nitrogen and oxygen atoms in total. The highest BCUT2D eigenvalue weighted by molar-refractivity contribution is 7.15. The molecule has 1 heterocycles. The van der Waals surface area contributed by atoms with Crippen LogP contribution in [-0.4, -0.2) is 36.3 Å². The number of aliphatic carboxylic acids is 1. The van der Waals surface area contributed by atoms with Crippen LogP contribution in [0.1, 0.15) is 42.2 Å². The number of thiazole rings is 1. The van der Waals surface area contributed by atoms with Crippen LogP contribution in [0.25, 0.3) is 0 Å². The molecule has 0 fully saturated rings. The summed E-state index contributed by atoms with van der Waals surface area (Å²) in [5.74, 6) is -1.15. The van der Waals surface area contributed by atoms with Crippen LogP contribution in [0.15, 0.2) is 0 Å². The summed E-state index contributed by atoms with van der Waals surface area (Å²) in [6.07, 6.45) is 4.83. The van der Waals surface area contributed by atoms with E-state index in [1.807, 2.05) is 0 Å². The number of methoxy groups -OCH3 is 1. The number of nitrogens with zero attached hydrogens (tertiary/aromatic N) is 1. The molecule has 19 heavy (non-hydrogen) atoms. The Balaban J connectivity index is 1.77. The van der Waals surface area contributed by atoms with Crippen LogP contribution < -0.4 is 5.32 Å². The largest absolute Gasteiger partial charge is 0.481 e. The van der Waals surface area contributed by atoms with E-state index < -0.39 is 11.9 Å². The zero-order valence-electron chi connectivity index (χ0n) is 11.1. The topological polar surface area (TPSA) is 71.5 Å². The van der Waals surface area contributed by atoms with Crippen LogP contribution in [0.3, 0.4) is 0 Å². The number of carbonyl (C=O) groups is 1. The van der Waals surface area contributed by atoms with Crippen molar-refractivity contribution in [3.05, 3.63) is 10.6 Å². The lowest BCUT2D eigenvalue weighted by Gasteiger charge is -2.04. The fourth-order valence-corrected chi connectivity index (χ4v) is 3.35. The van der Waals surface area contributed by atoms with Gasteiger partial charge >= 0.3 is 5.97 Å². The Morgan fingerprint density at radius 3 is 3.11 bits per heavy atom. The molecule has 0 bridgehead atoms. The molecule has 1 aromatic heterocycles. The first-order valence-corrected chi connectivity index (χ1v) is 7.49. The Kier molecular flexibility index (Phi) is 5.15. The maximum Gasteiger partial charge on any atom is 0.312 e. The van der Waals surface area contributed by atoms with Crippen molar-refractivity contribution in [2.45, 2.75) is 38.0 Å². The first-order chi connectivity index (χ1) is 9.22. The van der Waals surface area contributed by atoms with Gasteiger partial charge in [-0.1, -0.05) is 0 Å². The van der Waals surface area contributed by atoms with Gasteiger partial charge in [0.25, 0.3) is 0 Å². The molecule has 0 aromatic carbocycles. The summed E-state index contributed by atoms with van der Waals surface area (Å²) in [5.41, 5.74) is 0.777. The van der Waals surface area contributed by atoms with E-state index in [0.29, 0.717) is 6.42 Å². The molecule has 0 spiro atoms. The predicted molar refractivity (Wildman–Crippen MR) is 75.0 cm³/mol. The van der Waals surface area contributed by atoms with Gasteiger partial charge in [0.05, 0.1) is 5.69 Å². The molecule has 1 aliphatic rings. The van der Waals surface area contributed by atoms with E-state index in [9.17, 15) is 4.79 Å². The molecule has 1 aliphatic carbocycles. The highest BCUT2D eigenvalue weighted by atomic mass is 32.1. The molecule has 1 unspecified atom stereocenters. The van der Waals surface area contributed by atoms with E-state index >= 15 is 0 Å². The molecule has 0 radical (unpaired) electrons. The van der Waals surface area contributed by atoms with Gasteiger partial charge in [-0.05, 0) is 32.1 Å². The van der Waals surface area contributed by atoms with Crippen LogP contribution in [0.5, 0.6) is 0 Å². The SMILES string of the molecule is COCCCCCNc1nc2c(s1)CCC2C(=O)O. The zero-order valence-corrected chi connectivity index (χ0v) is 12.0. The van der Waals surface area contributed by atoms with Crippen LogP contribution in [0.4, 0.5) is 5.13 Å². The van der Waals surface area contributed by atoms with Crippen molar-refractivity contribution >= 4 is 22.4 Å². The summed E-state index contributed by atoms with van der Waals surface area (Å²) in [4.78, 5) is 16.6. The quantitative estimate of drug-likeness (QED) is 0.718. The summed E-state index contributed by atoms with van der Waals surface area (Å²) in [6.45, 7) is 1.69. The number of aryl methyl sites for hydroxylation is 1. The average molecular weight is 284 g/mol. The number of fused-ring (bicyclic) bond motifs is 1. The number of unbranched alkanes of at least 4 members (excludes halogenated alkanes) is 2. The molecule has 0 aliphatic heterocycles. The van der Waals surface area contributed by atoms with Crippen molar-refractivity contribution < 1.29 is 14.6 Å². The number of carboxylic acids is 1. The van der Waals surface area contributed by atoms with Gasteiger partial charge in [0.15, 0.2) is 5.13 Å². The highest BCUT2D eigenvalue weighted by Gasteiger charge is 2.32. The van der Waals surface area contributed by atoms with Gasteiger partial charge in [-0.2, -0.15) is 0 Å². The number of carboxylic acid groups (broad SMARTS) is 1. The van der Waals surface area contributed by atoms with Gasteiger partial charge in [-0.15, -0.1) is 11.3 Å². The minimum absolute atomic E-state index is 0.400.